The van der Waals surface area contributed by atoms with E-state index in [0.717, 1.165) is 4.90 Å². The summed E-state index contributed by atoms with van der Waals surface area (Å²) in [6.07, 6.45) is -4.61. The Hall–Kier alpha value is -4.17. The van der Waals surface area contributed by atoms with Gasteiger partial charge >= 0.3 is 18.4 Å². The van der Waals surface area contributed by atoms with Crippen LogP contribution >= 0.6 is 0 Å². The Kier molecular flexibility index (Phi) is 8.49. The normalized spacial score (nSPS) is 17.8. The molecule has 232 valence electrons. The fourth-order valence-corrected chi connectivity index (χ4v) is 4.78. The lowest BCUT2D eigenvalue weighted by molar-refractivity contribution is -0.143. The van der Waals surface area contributed by atoms with Crippen LogP contribution in [-0.4, -0.2) is 54.3 Å². The van der Waals surface area contributed by atoms with Gasteiger partial charge in [0.25, 0.3) is 5.91 Å². The molecule has 0 spiro atoms. The van der Waals surface area contributed by atoms with Crippen molar-refractivity contribution in [1.82, 2.24) is 24.6 Å². The molecule has 2 aromatic heterocycles. The third-order valence-electron chi connectivity index (χ3n) is 6.75. The van der Waals surface area contributed by atoms with Gasteiger partial charge in [0, 0.05) is 49.4 Å². The van der Waals surface area contributed by atoms with Crippen molar-refractivity contribution in [3.63, 3.8) is 0 Å². The first-order valence-electron chi connectivity index (χ1n) is 13.3. The van der Waals surface area contributed by atoms with Gasteiger partial charge in [0.2, 0.25) is 5.95 Å². The molecule has 1 aliphatic rings. The van der Waals surface area contributed by atoms with Crippen molar-refractivity contribution in [3.05, 3.63) is 59.7 Å². The van der Waals surface area contributed by atoms with E-state index >= 15 is 0 Å². The number of carbonyl (C=O) groups is 2. The Labute approximate surface area is 243 Å². The highest BCUT2D eigenvalue weighted by Crippen LogP contribution is 2.38. The zero-order valence-corrected chi connectivity index (χ0v) is 24.0. The van der Waals surface area contributed by atoms with Gasteiger partial charge in [-0.3, -0.25) is 9.48 Å². The Morgan fingerprint density at radius 3 is 2.02 bits per heavy atom. The lowest BCUT2D eigenvalue weighted by Crippen LogP contribution is -2.46. The summed E-state index contributed by atoms with van der Waals surface area (Å²) < 4.78 is 88.6. The number of imide groups is 1. The average Bonchev–Trinajstić information content (AvgIpc) is 3.48. The van der Waals surface area contributed by atoms with Crippen LogP contribution in [0.4, 0.5) is 37.1 Å². The van der Waals surface area contributed by atoms with Gasteiger partial charge in [-0.25, -0.2) is 19.7 Å². The predicted molar refractivity (Wildman–Crippen MR) is 142 cm³/mol. The van der Waals surface area contributed by atoms with Gasteiger partial charge in [-0.15, -0.1) is 0 Å². The number of hydrogen-bond acceptors (Lipinski definition) is 7. The molecule has 4 rings (SSSR count). The maximum atomic E-state index is 13.7. The van der Waals surface area contributed by atoms with E-state index in [1.807, 2.05) is 0 Å². The number of benzene rings is 1. The Balaban J connectivity index is 1.79. The van der Waals surface area contributed by atoms with E-state index in [1.54, 1.807) is 51.8 Å². The Morgan fingerprint density at radius 2 is 1.56 bits per heavy atom. The van der Waals surface area contributed by atoms with E-state index in [4.69, 9.17) is 4.74 Å². The first-order valence-corrected chi connectivity index (χ1v) is 13.3. The highest BCUT2D eigenvalue weighted by atomic mass is 19.4. The lowest BCUT2D eigenvalue weighted by Gasteiger charge is -2.29. The molecule has 1 fully saturated rings. The second-order valence-electron chi connectivity index (χ2n) is 11.2. The lowest BCUT2D eigenvalue weighted by atomic mass is 10.0. The maximum absolute atomic E-state index is 13.7. The van der Waals surface area contributed by atoms with Crippen molar-refractivity contribution in [3.8, 4) is 11.1 Å². The number of nitrogens with zero attached hydrogens (tertiary/aromatic N) is 6. The van der Waals surface area contributed by atoms with Crippen LogP contribution in [0.1, 0.15) is 57.2 Å². The first-order chi connectivity index (χ1) is 19.9. The Bertz CT molecular complexity index is 1450. The van der Waals surface area contributed by atoms with Crippen LogP contribution in [0.5, 0.6) is 0 Å². The van der Waals surface area contributed by atoms with Gasteiger partial charge in [-0.2, -0.15) is 31.4 Å². The highest BCUT2D eigenvalue weighted by molar-refractivity contribution is 5.99. The summed E-state index contributed by atoms with van der Waals surface area (Å²) in [5.41, 5.74) is -3.10. The number of amides is 2. The summed E-state index contributed by atoms with van der Waals surface area (Å²) in [7, 11) is 1.71. The number of likely N-dealkylation sites (tertiary alicyclic amines) is 1. The number of anilines is 1. The van der Waals surface area contributed by atoms with Crippen molar-refractivity contribution in [2.45, 2.75) is 77.1 Å². The molecule has 1 unspecified atom stereocenters. The second kappa shape index (κ2) is 11.5. The molecule has 2 amide bonds. The molecule has 9 nitrogen and oxygen atoms in total. The smallest absolute Gasteiger partial charge is 0.417 e. The van der Waals surface area contributed by atoms with Crippen LogP contribution in [-0.2, 0) is 35.5 Å². The summed E-state index contributed by atoms with van der Waals surface area (Å²) >= 11 is 0. The minimum absolute atomic E-state index is 0.0212. The predicted octanol–water partition coefficient (Wildman–Crippen LogP) is 6.24. The number of aryl methyl sites for hydroxylation is 1. The summed E-state index contributed by atoms with van der Waals surface area (Å²) in [5.74, 6) is -0.859. The first kappa shape index (κ1) is 31.8. The molecule has 2 atom stereocenters. The van der Waals surface area contributed by atoms with Gasteiger partial charge in [-0.1, -0.05) is 6.92 Å². The third-order valence-corrected chi connectivity index (χ3v) is 6.75. The van der Waals surface area contributed by atoms with Crippen LogP contribution < -0.4 is 4.90 Å². The van der Waals surface area contributed by atoms with Gasteiger partial charge in [-0.05, 0) is 57.4 Å². The molecule has 1 aromatic carbocycles. The van der Waals surface area contributed by atoms with Crippen LogP contribution in [0.2, 0.25) is 0 Å². The SMILES string of the molecule is CC[C@@H]1CC(N(Cc2cc(C(F)(F)F)cc(C(F)(F)F)c2)c2ncc(-c3cnn(C)c3)cn2)C(=O)N1C(=O)OC(C)(C)C. The van der Waals surface area contributed by atoms with Gasteiger partial charge in [0.1, 0.15) is 11.6 Å². The largest absolute Gasteiger partial charge is 0.443 e. The van der Waals surface area contributed by atoms with Gasteiger partial charge in [0.05, 0.1) is 17.3 Å². The number of alkyl halides is 6. The summed E-state index contributed by atoms with van der Waals surface area (Å²) in [6, 6.07) is -0.615. The number of aromatic nitrogens is 4. The average molecular weight is 613 g/mol. The van der Waals surface area contributed by atoms with Gasteiger partial charge in [0.15, 0.2) is 0 Å². The third kappa shape index (κ3) is 7.25. The zero-order chi connectivity index (χ0) is 31.9. The van der Waals surface area contributed by atoms with Crippen LogP contribution in [0.15, 0.2) is 43.0 Å². The van der Waals surface area contributed by atoms with Crippen LogP contribution in [0, 0.1) is 0 Å². The molecule has 1 aliphatic heterocycles. The molecule has 0 saturated carbocycles. The van der Waals surface area contributed by atoms with Crippen molar-refractivity contribution in [2.24, 2.45) is 7.05 Å². The van der Waals surface area contributed by atoms with Crippen LogP contribution in [0.3, 0.4) is 0 Å². The maximum Gasteiger partial charge on any atom is 0.417 e. The Morgan fingerprint density at radius 1 is 0.977 bits per heavy atom. The standard InChI is InChI=1S/C28H30F6N6O3/c1-6-21-10-22(23(41)40(21)25(42)43-26(2,3)4)39(24-35-11-17(12-36-24)18-13-37-38(5)15-18)14-16-7-19(27(29,30)31)9-20(8-16)28(32,33)34/h7-9,11-13,15,21-22H,6,10,14H2,1-5H3/t21-,22?/m1/s1. The molecule has 3 heterocycles. The van der Waals surface area contributed by atoms with Crippen molar-refractivity contribution in [1.29, 1.82) is 0 Å². The topological polar surface area (TPSA) is 93.5 Å². The number of carbonyl (C=O) groups excluding carboxylic acids is 2. The van der Waals surface area contributed by atoms with E-state index < -0.39 is 59.7 Å². The van der Waals surface area contributed by atoms with E-state index in [-0.39, 0.29) is 24.0 Å². The van der Waals surface area contributed by atoms with Crippen LogP contribution in [0.25, 0.3) is 11.1 Å². The number of ether oxygens (including phenoxy) is 1. The summed E-state index contributed by atoms with van der Waals surface area (Å²) in [6.45, 7) is 6.02. The van der Waals surface area contributed by atoms with Crippen molar-refractivity contribution < 1.29 is 40.7 Å². The zero-order valence-electron chi connectivity index (χ0n) is 24.0. The van der Waals surface area contributed by atoms with E-state index in [1.165, 1.54) is 17.3 Å². The van der Waals surface area contributed by atoms with Crippen molar-refractivity contribution in [2.75, 3.05) is 4.90 Å². The van der Waals surface area contributed by atoms with E-state index in [0.29, 0.717) is 29.7 Å². The number of hydrogen-bond donors (Lipinski definition) is 0. The molecule has 1 saturated heterocycles. The number of halogens is 6. The number of rotatable bonds is 6. The molecular weight excluding hydrogens is 582 g/mol. The minimum Gasteiger partial charge on any atom is -0.443 e. The van der Waals surface area contributed by atoms with E-state index in [2.05, 4.69) is 15.1 Å². The minimum atomic E-state index is -5.06. The quantitative estimate of drug-likeness (QED) is 0.305. The summed E-state index contributed by atoms with van der Waals surface area (Å²) in [4.78, 5) is 37.5. The van der Waals surface area contributed by atoms with E-state index in [9.17, 15) is 35.9 Å². The molecule has 15 heteroatoms. The fraction of sp³-hybridized carbons (Fsp3) is 0.464. The fourth-order valence-electron chi connectivity index (χ4n) is 4.78. The molecule has 0 N–H and O–H groups in total. The second-order valence-corrected chi connectivity index (χ2v) is 11.2. The molecule has 3 aromatic rings. The highest BCUT2D eigenvalue weighted by Gasteiger charge is 2.47. The van der Waals surface area contributed by atoms with Gasteiger partial charge < -0.3 is 9.64 Å². The summed E-state index contributed by atoms with van der Waals surface area (Å²) in [5, 5.41) is 4.08. The molecule has 0 bridgehead atoms. The molecular formula is C28H30F6N6O3. The van der Waals surface area contributed by atoms with Crippen molar-refractivity contribution >= 4 is 17.9 Å². The molecule has 43 heavy (non-hydrogen) atoms. The molecule has 0 radical (unpaired) electrons. The monoisotopic (exact) mass is 612 g/mol. The molecule has 0 aliphatic carbocycles.